The van der Waals surface area contributed by atoms with Crippen LogP contribution < -0.4 is 10.6 Å². The van der Waals surface area contributed by atoms with E-state index in [4.69, 9.17) is 5.11 Å². The van der Waals surface area contributed by atoms with E-state index in [0.29, 0.717) is 10.0 Å². The molecule has 2 amide bonds. The highest BCUT2D eigenvalue weighted by atomic mass is 32.1. The number of thiazole rings is 1. The van der Waals surface area contributed by atoms with Crippen molar-refractivity contribution in [1.29, 1.82) is 0 Å². The number of azo groups is 1. The third kappa shape index (κ3) is 5.04. The molecule has 0 aliphatic heterocycles. The molecule has 3 N–H and O–H groups in total. The molecule has 0 atom stereocenters. The van der Waals surface area contributed by atoms with Crippen molar-refractivity contribution in [3.8, 4) is 0 Å². The third-order valence-corrected chi connectivity index (χ3v) is 3.15. The van der Waals surface area contributed by atoms with Gasteiger partial charge in [0, 0.05) is 13.6 Å². The van der Waals surface area contributed by atoms with Crippen LogP contribution in [0.1, 0.15) is 23.5 Å². The predicted octanol–water partition coefficient (Wildman–Crippen LogP) is 1.18. The van der Waals surface area contributed by atoms with Crippen molar-refractivity contribution in [2.45, 2.75) is 13.8 Å². The zero-order valence-electron chi connectivity index (χ0n) is 12.0. The van der Waals surface area contributed by atoms with Gasteiger partial charge in [0.25, 0.3) is 11.8 Å². The molecular weight excluding hydrogens is 294 g/mol. The van der Waals surface area contributed by atoms with E-state index in [9.17, 15) is 9.59 Å². The highest BCUT2D eigenvalue weighted by Crippen LogP contribution is 2.19. The summed E-state index contributed by atoms with van der Waals surface area (Å²) in [5.74, 6) is -0.782. The summed E-state index contributed by atoms with van der Waals surface area (Å²) in [6.07, 6.45) is 1.36. The van der Waals surface area contributed by atoms with Gasteiger partial charge in [-0.25, -0.2) is 4.98 Å². The van der Waals surface area contributed by atoms with E-state index in [1.165, 1.54) is 13.2 Å². The van der Waals surface area contributed by atoms with E-state index >= 15 is 0 Å². The molecule has 114 valence electrons. The largest absolute Gasteiger partial charge is 0.395 e. The highest BCUT2D eigenvalue weighted by Gasteiger charge is 2.15. The Morgan fingerprint density at radius 3 is 2.71 bits per heavy atom. The second-order valence-corrected chi connectivity index (χ2v) is 5.14. The number of aromatic nitrogens is 1. The highest BCUT2D eigenvalue weighted by molar-refractivity contribution is 7.17. The molecule has 0 saturated heterocycles. The number of nitrogens with zero attached hydrogens (tertiary/aromatic N) is 3. The average Bonchev–Trinajstić information content (AvgIpc) is 2.90. The molecule has 1 aromatic rings. The SMILES string of the molecule is CN=NC(C(=O)Nc1ncc(C(=O)NCCO)s1)=C(C)C. The van der Waals surface area contributed by atoms with Crippen molar-refractivity contribution in [2.24, 2.45) is 10.2 Å². The van der Waals surface area contributed by atoms with Crippen LogP contribution in [0, 0.1) is 0 Å². The lowest BCUT2D eigenvalue weighted by Crippen LogP contribution is -2.25. The number of carbonyl (C=O) groups is 2. The lowest BCUT2D eigenvalue weighted by Gasteiger charge is -2.02. The van der Waals surface area contributed by atoms with Crippen molar-refractivity contribution in [2.75, 3.05) is 25.5 Å². The number of anilines is 1. The lowest BCUT2D eigenvalue weighted by atomic mass is 10.2. The Balaban J connectivity index is 2.77. The quantitative estimate of drug-likeness (QED) is 0.540. The van der Waals surface area contributed by atoms with Crippen LogP contribution in [0.2, 0.25) is 0 Å². The summed E-state index contributed by atoms with van der Waals surface area (Å²) in [7, 11) is 1.48. The number of amides is 2. The second kappa shape index (κ2) is 8.22. The van der Waals surface area contributed by atoms with Crippen LogP contribution in [0.3, 0.4) is 0 Å². The van der Waals surface area contributed by atoms with Gasteiger partial charge in [0.05, 0.1) is 12.8 Å². The number of aliphatic hydroxyl groups excluding tert-OH is 1. The van der Waals surface area contributed by atoms with Crippen LogP contribution in [0.25, 0.3) is 0 Å². The average molecular weight is 311 g/mol. The molecular formula is C12H17N5O3S. The summed E-state index contributed by atoms with van der Waals surface area (Å²) >= 11 is 1.04. The Bertz CT molecular complexity index is 575. The molecule has 21 heavy (non-hydrogen) atoms. The molecule has 0 radical (unpaired) electrons. The Kier molecular flexibility index (Phi) is 6.63. The Hall–Kier alpha value is -2.13. The minimum Gasteiger partial charge on any atom is -0.395 e. The maximum absolute atomic E-state index is 12.0. The van der Waals surface area contributed by atoms with Gasteiger partial charge in [0.2, 0.25) is 0 Å². The van der Waals surface area contributed by atoms with Crippen molar-refractivity contribution < 1.29 is 14.7 Å². The van der Waals surface area contributed by atoms with Gasteiger partial charge in [-0.1, -0.05) is 11.3 Å². The summed E-state index contributed by atoms with van der Waals surface area (Å²) < 4.78 is 0. The number of hydrogen-bond donors (Lipinski definition) is 3. The number of nitrogens with one attached hydrogen (secondary N) is 2. The van der Waals surface area contributed by atoms with Crippen LogP contribution in [-0.4, -0.2) is 42.1 Å². The van der Waals surface area contributed by atoms with Gasteiger partial charge >= 0.3 is 0 Å². The predicted molar refractivity (Wildman–Crippen MR) is 79.3 cm³/mol. The van der Waals surface area contributed by atoms with E-state index in [0.717, 1.165) is 16.9 Å². The van der Waals surface area contributed by atoms with Gasteiger partial charge in [0.1, 0.15) is 10.6 Å². The fourth-order valence-electron chi connectivity index (χ4n) is 1.32. The zero-order chi connectivity index (χ0) is 15.8. The van der Waals surface area contributed by atoms with E-state index < -0.39 is 5.91 Å². The summed E-state index contributed by atoms with van der Waals surface area (Å²) in [5, 5.41) is 21.4. The molecule has 8 nitrogen and oxygen atoms in total. The van der Waals surface area contributed by atoms with E-state index in [1.54, 1.807) is 13.8 Å². The summed E-state index contributed by atoms with van der Waals surface area (Å²) in [6, 6.07) is 0. The van der Waals surface area contributed by atoms with Gasteiger partial charge in [-0.2, -0.15) is 10.2 Å². The molecule has 0 aromatic carbocycles. The smallest absolute Gasteiger partial charge is 0.277 e. The van der Waals surface area contributed by atoms with Crippen molar-refractivity contribution in [1.82, 2.24) is 10.3 Å². The fraction of sp³-hybridized carbons (Fsp3) is 0.417. The van der Waals surface area contributed by atoms with Gasteiger partial charge in [-0.3, -0.25) is 14.9 Å². The molecule has 0 saturated carbocycles. The molecule has 0 aliphatic rings. The first-order valence-corrected chi connectivity index (χ1v) is 6.94. The van der Waals surface area contributed by atoms with Crippen LogP contribution in [0.5, 0.6) is 0 Å². The molecule has 0 bridgehead atoms. The van der Waals surface area contributed by atoms with E-state index in [2.05, 4.69) is 25.8 Å². The molecule has 0 unspecified atom stereocenters. The van der Waals surface area contributed by atoms with Gasteiger partial charge < -0.3 is 10.4 Å². The maximum Gasteiger partial charge on any atom is 0.277 e. The Morgan fingerprint density at radius 1 is 1.43 bits per heavy atom. The molecule has 0 aliphatic carbocycles. The summed E-state index contributed by atoms with van der Waals surface area (Å²) in [6.45, 7) is 3.52. The van der Waals surface area contributed by atoms with Crippen LogP contribution in [0.15, 0.2) is 27.7 Å². The van der Waals surface area contributed by atoms with Gasteiger partial charge in [-0.15, -0.1) is 0 Å². The van der Waals surface area contributed by atoms with Crippen LogP contribution in [0.4, 0.5) is 5.13 Å². The monoisotopic (exact) mass is 311 g/mol. The standard InChI is InChI=1S/C12H17N5O3S/c1-7(2)9(17-13-3)11(20)16-12-15-6-8(21-12)10(19)14-4-5-18/h6,18H,4-5H2,1-3H3,(H,14,19)(H,15,16,20). The molecule has 1 rings (SSSR count). The molecule has 1 aromatic heterocycles. The second-order valence-electron chi connectivity index (χ2n) is 4.11. The van der Waals surface area contributed by atoms with Crippen LogP contribution >= 0.6 is 11.3 Å². The van der Waals surface area contributed by atoms with Crippen molar-refractivity contribution >= 4 is 28.3 Å². The lowest BCUT2D eigenvalue weighted by molar-refractivity contribution is -0.113. The number of hydrogen-bond acceptors (Lipinski definition) is 7. The topological polar surface area (TPSA) is 116 Å². The first kappa shape index (κ1) is 16.9. The third-order valence-electron chi connectivity index (χ3n) is 2.24. The van der Waals surface area contributed by atoms with E-state index in [1.807, 2.05) is 0 Å². The Morgan fingerprint density at radius 2 is 2.14 bits per heavy atom. The number of rotatable bonds is 6. The first-order chi connectivity index (χ1) is 9.99. The summed E-state index contributed by atoms with van der Waals surface area (Å²) in [4.78, 5) is 27.9. The van der Waals surface area contributed by atoms with Crippen molar-refractivity contribution in [3.63, 3.8) is 0 Å². The minimum atomic E-state index is -0.433. The molecule has 0 fully saturated rings. The fourth-order valence-corrected chi connectivity index (χ4v) is 2.05. The normalized spacial score (nSPS) is 10.5. The van der Waals surface area contributed by atoms with Gasteiger partial charge in [0.15, 0.2) is 5.13 Å². The minimum absolute atomic E-state index is 0.139. The maximum atomic E-state index is 12.0. The first-order valence-electron chi connectivity index (χ1n) is 6.13. The summed E-state index contributed by atoms with van der Waals surface area (Å²) in [5.41, 5.74) is 0.926. The Labute approximate surface area is 126 Å². The van der Waals surface area contributed by atoms with Crippen molar-refractivity contribution in [3.05, 3.63) is 22.3 Å². The van der Waals surface area contributed by atoms with Crippen LogP contribution in [-0.2, 0) is 4.79 Å². The molecule has 9 heteroatoms. The molecule has 1 heterocycles. The van der Waals surface area contributed by atoms with Gasteiger partial charge in [-0.05, 0) is 19.4 Å². The zero-order valence-corrected chi connectivity index (χ0v) is 12.8. The number of carbonyl (C=O) groups excluding carboxylic acids is 2. The number of allylic oxidation sites excluding steroid dienone is 1. The molecule has 0 spiro atoms. The van der Waals surface area contributed by atoms with E-state index in [-0.39, 0.29) is 24.8 Å². The number of aliphatic hydroxyl groups is 1.